The molecule has 1 aromatic carbocycles. The highest BCUT2D eigenvalue weighted by molar-refractivity contribution is 5.30. The highest BCUT2D eigenvalue weighted by Gasteiger charge is 2.02. The van der Waals surface area contributed by atoms with Crippen LogP contribution in [0.1, 0.15) is 12.5 Å². The van der Waals surface area contributed by atoms with Gasteiger partial charge in [0.05, 0.1) is 19.0 Å². The predicted octanol–water partition coefficient (Wildman–Crippen LogP) is 2.39. The summed E-state index contributed by atoms with van der Waals surface area (Å²) in [4.78, 5) is 8.22. The van der Waals surface area contributed by atoms with Gasteiger partial charge in [0, 0.05) is 6.54 Å². The fourth-order valence-corrected chi connectivity index (χ4v) is 1.60. The summed E-state index contributed by atoms with van der Waals surface area (Å²) in [5.41, 5.74) is 1.20. The maximum absolute atomic E-state index is 5.62. The molecule has 0 bridgehead atoms. The summed E-state index contributed by atoms with van der Waals surface area (Å²) in [6.45, 7) is 3.28. The number of hydrogen-bond acceptors (Lipinski definition) is 5. The SMILES string of the molecule is CCOc1cncc(Oc2ccc(CNC)cc2)n1. The zero-order valence-electron chi connectivity index (χ0n) is 11.1. The molecular formula is C14H17N3O2. The number of nitrogens with one attached hydrogen (secondary N) is 1. The molecule has 0 amide bonds. The lowest BCUT2D eigenvalue weighted by Gasteiger charge is -2.07. The van der Waals surface area contributed by atoms with Gasteiger partial charge in [-0.2, -0.15) is 4.98 Å². The van der Waals surface area contributed by atoms with Crippen LogP contribution in [0.3, 0.4) is 0 Å². The van der Waals surface area contributed by atoms with Crippen LogP contribution in [0.5, 0.6) is 17.5 Å². The van der Waals surface area contributed by atoms with Crippen LogP contribution >= 0.6 is 0 Å². The van der Waals surface area contributed by atoms with E-state index < -0.39 is 0 Å². The van der Waals surface area contributed by atoms with E-state index in [0.717, 1.165) is 12.3 Å². The Labute approximate surface area is 112 Å². The Hall–Kier alpha value is -2.14. The molecule has 1 heterocycles. The number of aromatic nitrogens is 2. The van der Waals surface area contributed by atoms with Crippen molar-refractivity contribution in [2.24, 2.45) is 0 Å². The molecule has 0 spiro atoms. The van der Waals surface area contributed by atoms with Gasteiger partial charge < -0.3 is 14.8 Å². The molecule has 1 aromatic heterocycles. The third-order valence-electron chi connectivity index (χ3n) is 2.41. The number of hydrogen-bond donors (Lipinski definition) is 1. The second-order valence-corrected chi connectivity index (χ2v) is 3.90. The minimum atomic E-state index is 0.423. The zero-order valence-corrected chi connectivity index (χ0v) is 11.1. The van der Waals surface area contributed by atoms with E-state index in [9.17, 15) is 0 Å². The van der Waals surface area contributed by atoms with Crippen molar-refractivity contribution in [3.8, 4) is 17.5 Å². The summed E-state index contributed by atoms with van der Waals surface area (Å²) in [7, 11) is 1.92. The van der Waals surface area contributed by atoms with E-state index in [2.05, 4.69) is 15.3 Å². The normalized spacial score (nSPS) is 10.2. The van der Waals surface area contributed by atoms with Crippen LogP contribution in [-0.2, 0) is 6.54 Å². The number of nitrogens with zero attached hydrogens (tertiary/aromatic N) is 2. The van der Waals surface area contributed by atoms with Crippen LogP contribution in [-0.4, -0.2) is 23.6 Å². The Morgan fingerprint density at radius 1 is 1.11 bits per heavy atom. The predicted molar refractivity (Wildman–Crippen MR) is 72.5 cm³/mol. The molecule has 0 radical (unpaired) electrons. The minimum absolute atomic E-state index is 0.423. The molecule has 2 aromatic rings. The largest absolute Gasteiger partial charge is 0.477 e. The van der Waals surface area contributed by atoms with Crippen LogP contribution in [0.2, 0.25) is 0 Å². The van der Waals surface area contributed by atoms with Crippen LogP contribution in [0.25, 0.3) is 0 Å². The van der Waals surface area contributed by atoms with Gasteiger partial charge >= 0.3 is 0 Å². The van der Waals surface area contributed by atoms with Crippen molar-refractivity contribution in [1.29, 1.82) is 0 Å². The third kappa shape index (κ3) is 3.93. The zero-order chi connectivity index (χ0) is 13.5. The molecule has 0 unspecified atom stereocenters. The molecule has 1 N–H and O–H groups in total. The van der Waals surface area contributed by atoms with Gasteiger partial charge in [0.15, 0.2) is 0 Å². The standard InChI is InChI=1S/C14H17N3O2/c1-3-18-13-9-16-10-14(17-13)19-12-6-4-11(5-7-12)8-15-2/h4-7,9-10,15H,3,8H2,1-2H3. The van der Waals surface area contributed by atoms with E-state index in [4.69, 9.17) is 9.47 Å². The molecule has 0 aliphatic rings. The number of benzene rings is 1. The fraction of sp³-hybridized carbons (Fsp3) is 0.286. The Balaban J connectivity index is 2.05. The average Bonchev–Trinajstić information content (AvgIpc) is 2.42. The Morgan fingerprint density at radius 3 is 2.53 bits per heavy atom. The van der Waals surface area contributed by atoms with E-state index in [1.807, 2.05) is 38.2 Å². The van der Waals surface area contributed by atoms with Gasteiger partial charge in [0.1, 0.15) is 5.75 Å². The quantitative estimate of drug-likeness (QED) is 0.863. The summed E-state index contributed by atoms with van der Waals surface area (Å²) in [5, 5.41) is 3.09. The van der Waals surface area contributed by atoms with E-state index in [1.165, 1.54) is 5.56 Å². The van der Waals surface area contributed by atoms with E-state index in [0.29, 0.717) is 18.4 Å². The molecule has 2 rings (SSSR count). The molecular weight excluding hydrogens is 242 g/mol. The fourth-order valence-electron chi connectivity index (χ4n) is 1.60. The maximum atomic E-state index is 5.62. The van der Waals surface area contributed by atoms with Crippen molar-refractivity contribution >= 4 is 0 Å². The van der Waals surface area contributed by atoms with Gasteiger partial charge in [-0.3, -0.25) is 4.98 Å². The topological polar surface area (TPSA) is 56.3 Å². The van der Waals surface area contributed by atoms with Crippen molar-refractivity contribution in [3.05, 3.63) is 42.2 Å². The van der Waals surface area contributed by atoms with Crippen LogP contribution < -0.4 is 14.8 Å². The lowest BCUT2D eigenvalue weighted by Crippen LogP contribution is -2.04. The van der Waals surface area contributed by atoms with Crippen molar-refractivity contribution in [2.45, 2.75) is 13.5 Å². The minimum Gasteiger partial charge on any atom is -0.477 e. The van der Waals surface area contributed by atoms with E-state index in [1.54, 1.807) is 12.4 Å². The lowest BCUT2D eigenvalue weighted by molar-refractivity contribution is 0.318. The van der Waals surface area contributed by atoms with Gasteiger partial charge in [-0.1, -0.05) is 12.1 Å². The van der Waals surface area contributed by atoms with Gasteiger partial charge in [0.25, 0.3) is 0 Å². The van der Waals surface area contributed by atoms with Gasteiger partial charge in [-0.25, -0.2) is 0 Å². The number of rotatable bonds is 6. The van der Waals surface area contributed by atoms with Gasteiger partial charge in [-0.05, 0) is 31.7 Å². The molecule has 5 nitrogen and oxygen atoms in total. The molecule has 0 fully saturated rings. The summed E-state index contributed by atoms with van der Waals surface area (Å²) in [6, 6.07) is 7.82. The Bertz CT molecular complexity index is 514. The third-order valence-corrected chi connectivity index (χ3v) is 2.41. The lowest BCUT2D eigenvalue weighted by atomic mass is 10.2. The van der Waals surface area contributed by atoms with Crippen molar-refractivity contribution in [3.63, 3.8) is 0 Å². The first-order valence-corrected chi connectivity index (χ1v) is 6.18. The molecule has 0 saturated carbocycles. The van der Waals surface area contributed by atoms with Crippen LogP contribution in [0.4, 0.5) is 0 Å². The van der Waals surface area contributed by atoms with Crippen molar-refractivity contribution < 1.29 is 9.47 Å². The first kappa shape index (κ1) is 13.3. The van der Waals surface area contributed by atoms with Crippen molar-refractivity contribution in [1.82, 2.24) is 15.3 Å². The molecule has 0 aliphatic carbocycles. The molecule has 100 valence electrons. The average molecular weight is 259 g/mol. The highest BCUT2D eigenvalue weighted by Crippen LogP contribution is 2.20. The first-order valence-electron chi connectivity index (χ1n) is 6.18. The monoisotopic (exact) mass is 259 g/mol. The Kier molecular flexibility index (Phi) is 4.69. The summed E-state index contributed by atoms with van der Waals surface area (Å²) in [6.07, 6.45) is 3.12. The van der Waals surface area contributed by atoms with E-state index in [-0.39, 0.29) is 0 Å². The first-order chi connectivity index (χ1) is 9.31. The number of ether oxygens (including phenoxy) is 2. The van der Waals surface area contributed by atoms with E-state index >= 15 is 0 Å². The van der Waals surface area contributed by atoms with Crippen molar-refractivity contribution in [2.75, 3.05) is 13.7 Å². The second-order valence-electron chi connectivity index (χ2n) is 3.90. The van der Waals surface area contributed by atoms with Crippen LogP contribution in [0.15, 0.2) is 36.7 Å². The molecule has 19 heavy (non-hydrogen) atoms. The highest BCUT2D eigenvalue weighted by atomic mass is 16.5. The summed E-state index contributed by atoms with van der Waals surface area (Å²) >= 11 is 0. The van der Waals surface area contributed by atoms with Gasteiger partial charge in [0.2, 0.25) is 11.8 Å². The summed E-state index contributed by atoms with van der Waals surface area (Å²) in [5.74, 6) is 1.61. The second kappa shape index (κ2) is 6.70. The van der Waals surface area contributed by atoms with Gasteiger partial charge in [-0.15, -0.1) is 0 Å². The Morgan fingerprint density at radius 2 is 1.84 bits per heavy atom. The molecule has 0 aliphatic heterocycles. The molecule has 0 atom stereocenters. The maximum Gasteiger partial charge on any atom is 0.241 e. The molecule has 5 heteroatoms. The van der Waals surface area contributed by atoms with Crippen LogP contribution in [0, 0.1) is 0 Å². The summed E-state index contributed by atoms with van der Waals surface area (Å²) < 4.78 is 10.9. The smallest absolute Gasteiger partial charge is 0.241 e. The molecule has 0 saturated heterocycles.